The number of nitrogens with one attached hydrogen (secondary N) is 5. The zero-order chi connectivity index (χ0) is 31.3. The Hall–Kier alpha value is -3.18. The molecule has 5 amide bonds. The van der Waals surface area contributed by atoms with Crippen LogP contribution in [0.15, 0.2) is 0 Å². The molecule has 41 heavy (non-hydrogen) atoms. The molecule has 5 atom stereocenters. The van der Waals surface area contributed by atoms with E-state index in [0.29, 0.717) is 12.8 Å². The van der Waals surface area contributed by atoms with Gasteiger partial charge in [0.25, 0.3) is 0 Å². The molecule has 0 aromatic heterocycles. The first kappa shape index (κ1) is 35.8. The van der Waals surface area contributed by atoms with Gasteiger partial charge in [0.15, 0.2) is 0 Å². The van der Waals surface area contributed by atoms with E-state index in [1.807, 2.05) is 20.8 Å². The number of esters is 1. The number of hydrogen-bond donors (Lipinski definition) is 5. The molecule has 0 spiro atoms. The zero-order valence-electron chi connectivity index (χ0n) is 25.9. The second-order valence-electron chi connectivity index (χ2n) is 12.0. The summed E-state index contributed by atoms with van der Waals surface area (Å²) in [4.78, 5) is 77.9. The van der Waals surface area contributed by atoms with Gasteiger partial charge in [-0.3, -0.25) is 24.0 Å². The number of rotatable bonds is 8. The van der Waals surface area contributed by atoms with Crippen molar-refractivity contribution in [2.24, 2.45) is 17.8 Å². The van der Waals surface area contributed by atoms with Gasteiger partial charge in [-0.25, -0.2) is 4.79 Å². The van der Waals surface area contributed by atoms with Crippen molar-refractivity contribution in [1.29, 1.82) is 0 Å². The molecule has 0 saturated carbocycles. The zero-order valence-corrected chi connectivity index (χ0v) is 25.9. The molecule has 1 heterocycles. The summed E-state index contributed by atoms with van der Waals surface area (Å²) in [7, 11) is 0. The summed E-state index contributed by atoms with van der Waals surface area (Å²) in [6.07, 6.45) is 2.38. The molecule has 0 aromatic carbocycles. The molecule has 5 N–H and O–H groups in total. The molecule has 1 saturated heterocycles. The van der Waals surface area contributed by atoms with E-state index >= 15 is 0 Å². The van der Waals surface area contributed by atoms with Gasteiger partial charge in [-0.15, -0.1) is 0 Å². The third kappa shape index (κ3) is 12.9. The molecule has 0 aromatic rings. The van der Waals surface area contributed by atoms with E-state index in [4.69, 9.17) is 4.74 Å². The van der Waals surface area contributed by atoms with Crippen LogP contribution < -0.4 is 26.6 Å². The molecule has 0 radical (unpaired) electrons. The van der Waals surface area contributed by atoms with Crippen LogP contribution in [0.4, 0.5) is 0 Å². The first-order valence-electron chi connectivity index (χ1n) is 14.8. The molecule has 1 rings (SSSR count). The summed E-state index contributed by atoms with van der Waals surface area (Å²) in [6, 6.07) is -3.95. The number of unbranched alkanes of at least 4 members (excludes halogenated alkanes) is 2. The van der Waals surface area contributed by atoms with Crippen LogP contribution in [0.3, 0.4) is 0 Å². The van der Waals surface area contributed by atoms with Crippen LogP contribution >= 0.6 is 0 Å². The van der Waals surface area contributed by atoms with E-state index in [0.717, 1.165) is 19.3 Å². The largest absolute Gasteiger partial charge is 0.460 e. The van der Waals surface area contributed by atoms with Crippen LogP contribution in [0.2, 0.25) is 0 Å². The van der Waals surface area contributed by atoms with E-state index in [2.05, 4.69) is 26.6 Å². The molecule has 0 bridgehead atoms. The van der Waals surface area contributed by atoms with Crippen molar-refractivity contribution in [2.75, 3.05) is 6.54 Å². The van der Waals surface area contributed by atoms with Crippen LogP contribution in [0.5, 0.6) is 0 Å². The third-order valence-corrected chi connectivity index (χ3v) is 6.85. The fraction of sp³-hybridized carbons (Fsp3) is 0.793. The minimum absolute atomic E-state index is 0.0319. The lowest BCUT2D eigenvalue weighted by Gasteiger charge is -2.27. The quantitative estimate of drug-likeness (QED) is 0.212. The maximum atomic E-state index is 13.2. The van der Waals surface area contributed by atoms with Gasteiger partial charge in [0.2, 0.25) is 29.5 Å². The Balaban J connectivity index is 3.35. The maximum Gasteiger partial charge on any atom is 0.329 e. The number of hydrogen-bond acceptors (Lipinski definition) is 7. The summed E-state index contributed by atoms with van der Waals surface area (Å²) in [6.45, 7) is 13.9. The highest BCUT2D eigenvalue weighted by Gasteiger charge is 2.33. The lowest BCUT2D eigenvalue weighted by Crippen LogP contribution is -2.58. The Bertz CT molecular complexity index is 921. The molecule has 1 aliphatic heterocycles. The first-order valence-corrected chi connectivity index (χ1v) is 14.8. The summed E-state index contributed by atoms with van der Waals surface area (Å²) in [5, 5.41) is 13.2. The van der Waals surface area contributed by atoms with Gasteiger partial charge in [0.05, 0.1) is 13.0 Å². The van der Waals surface area contributed by atoms with Crippen LogP contribution in [0.25, 0.3) is 0 Å². The number of carbonyl (C=O) groups is 6. The highest BCUT2D eigenvalue weighted by molar-refractivity contribution is 5.95. The van der Waals surface area contributed by atoms with E-state index in [9.17, 15) is 28.8 Å². The molecule has 0 unspecified atom stereocenters. The number of cyclic esters (lactones) is 1. The van der Waals surface area contributed by atoms with Crippen molar-refractivity contribution >= 4 is 35.5 Å². The molecule has 0 aliphatic carbocycles. The first-order chi connectivity index (χ1) is 19.2. The van der Waals surface area contributed by atoms with E-state index in [1.165, 1.54) is 6.92 Å². The lowest BCUT2D eigenvalue weighted by molar-refractivity contribution is -0.156. The van der Waals surface area contributed by atoms with Gasteiger partial charge in [0.1, 0.15) is 30.3 Å². The molecular formula is C29H51N5O7. The maximum absolute atomic E-state index is 13.2. The number of carbonyl (C=O) groups excluding carboxylic acids is 6. The second-order valence-corrected chi connectivity index (χ2v) is 12.0. The molecule has 12 nitrogen and oxygen atoms in total. The topological polar surface area (TPSA) is 172 Å². The summed E-state index contributed by atoms with van der Waals surface area (Å²) >= 11 is 0. The van der Waals surface area contributed by atoms with Crippen LogP contribution in [0, 0.1) is 17.8 Å². The fourth-order valence-corrected chi connectivity index (χ4v) is 4.40. The smallest absolute Gasteiger partial charge is 0.329 e. The SMILES string of the molecule is CCCCC[C@@H]1CC(=O)NCC(=O)N[C@@H](C(C)C)C(=O)N[C@H](CC(C)C)C(=O)N[C@@H](C)C(=O)N[C@@H](C(C)C)C(=O)O1. The highest BCUT2D eigenvalue weighted by Crippen LogP contribution is 2.15. The Kier molecular flexibility index (Phi) is 15.4. The molecule has 1 aliphatic rings. The Morgan fingerprint density at radius 3 is 1.95 bits per heavy atom. The molecule has 12 heteroatoms. The minimum atomic E-state index is -1.02. The summed E-state index contributed by atoms with van der Waals surface area (Å²) in [5.41, 5.74) is 0. The van der Waals surface area contributed by atoms with Crippen LogP contribution in [-0.4, -0.2) is 72.3 Å². The van der Waals surface area contributed by atoms with Crippen LogP contribution in [-0.2, 0) is 33.5 Å². The van der Waals surface area contributed by atoms with Gasteiger partial charge >= 0.3 is 5.97 Å². The fourth-order valence-electron chi connectivity index (χ4n) is 4.40. The van der Waals surface area contributed by atoms with Crippen molar-refractivity contribution in [2.45, 2.75) is 124 Å². The number of ether oxygens (including phenoxy) is 1. The molecule has 234 valence electrons. The third-order valence-electron chi connectivity index (χ3n) is 6.85. The summed E-state index contributed by atoms with van der Waals surface area (Å²) in [5.74, 6) is -4.05. The van der Waals surface area contributed by atoms with Gasteiger partial charge in [-0.2, -0.15) is 0 Å². The van der Waals surface area contributed by atoms with Crippen molar-refractivity contribution in [1.82, 2.24) is 26.6 Å². The Morgan fingerprint density at radius 1 is 0.756 bits per heavy atom. The Morgan fingerprint density at radius 2 is 1.39 bits per heavy atom. The van der Waals surface area contributed by atoms with Gasteiger partial charge < -0.3 is 31.3 Å². The van der Waals surface area contributed by atoms with Crippen molar-refractivity contribution in [3.05, 3.63) is 0 Å². The van der Waals surface area contributed by atoms with Crippen molar-refractivity contribution < 1.29 is 33.5 Å². The average Bonchev–Trinajstić information content (AvgIpc) is 2.87. The predicted molar refractivity (Wildman–Crippen MR) is 154 cm³/mol. The minimum Gasteiger partial charge on any atom is -0.460 e. The monoisotopic (exact) mass is 581 g/mol. The highest BCUT2D eigenvalue weighted by atomic mass is 16.5. The van der Waals surface area contributed by atoms with Gasteiger partial charge in [0, 0.05) is 0 Å². The summed E-state index contributed by atoms with van der Waals surface area (Å²) < 4.78 is 5.70. The van der Waals surface area contributed by atoms with Crippen molar-refractivity contribution in [3.63, 3.8) is 0 Å². The van der Waals surface area contributed by atoms with E-state index in [1.54, 1.807) is 27.7 Å². The van der Waals surface area contributed by atoms with Crippen LogP contribution in [0.1, 0.15) is 93.9 Å². The second kappa shape index (κ2) is 17.6. The van der Waals surface area contributed by atoms with Gasteiger partial charge in [-0.1, -0.05) is 61.3 Å². The standard InChI is InChI=1S/C29H51N5O7/c1-9-10-11-12-20-14-22(35)30-15-23(36)33-24(17(4)5)28(39)32-21(13-16(2)3)27(38)31-19(8)26(37)34-25(18(6)7)29(40)41-20/h16-21,24-25H,9-15H2,1-8H3,(H,30,35)(H,31,38)(H,32,39)(H,33,36)(H,34,37)/t19-,20+,21+,24-,25-/m0/s1. The number of amides is 5. The van der Waals surface area contributed by atoms with Crippen molar-refractivity contribution in [3.8, 4) is 0 Å². The normalized spacial score (nSPS) is 26.3. The lowest BCUT2D eigenvalue weighted by atomic mass is 9.99. The average molecular weight is 582 g/mol. The Labute approximate surface area is 244 Å². The van der Waals surface area contributed by atoms with Gasteiger partial charge in [-0.05, 0) is 43.9 Å². The van der Waals surface area contributed by atoms with E-state index in [-0.39, 0.29) is 30.7 Å². The predicted octanol–water partition coefficient (Wildman–Crippen LogP) is 1.32. The molecular weight excluding hydrogens is 530 g/mol. The van der Waals surface area contributed by atoms with E-state index < -0.39 is 65.8 Å². The molecule has 1 fully saturated rings.